The minimum Gasteiger partial charge on any atom is -0.301 e. The van der Waals surface area contributed by atoms with E-state index in [1.54, 1.807) is 0 Å². The molecule has 0 saturated carbocycles. The molecular weight excluding hydrogens is 122 g/mol. The van der Waals surface area contributed by atoms with Crippen LogP contribution >= 0.6 is 0 Å². The predicted octanol–water partition coefficient (Wildman–Crippen LogP) is 2.27. The van der Waals surface area contributed by atoms with E-state index in [0.717, 1.165) is 0 Å². The van der Waals surface area contributed by atoms with Gasteiger partial charge in [-0.3, -0.25) is 0 Å². The first-order chi connectivity index (χ1) is 4.69. The lowest BCUT2D eigenvalue weighted by Gasteiger charge is -2.31. The van der Waals surface area contributed by atoms with Crippen LogP contribution in [0, 0.1) is 0 Å². The minimum atomic E-state index is 0.536. The van der Waals surface area contributed by atoms with Crippen molar-refractivity contribution in [2.45, 2.75) is 45.1 Å². The van der Waals surface area contributed by atoms with Crippen molar-refractivity contribution in [1.82, 2.24) is 4.90 Å². The number of rotatable bonds is 2. The van der Waals surface area contributed by atoms with Crippen molar-refractivity contribution in [1.29, 1.82) is 0 Å². The molecule has 1 heteroatoms. The molecule has 1 saturated heterocycles. The summed E-state index contributed by atoms with van der Waals surface area (Å²) in [5.74, 6) is 0. The first kappa shape index (κ1) is 8.06. The molecule has 1 aliphatic rings. The average molecular weight is 141 g/mol. The van der Waals surface area contributed by atoms with Crippen LogP contribution in [0.15, 0.2) is 0 Å². The first-order valence-corrected chi connectivity index (χ1v) is 4.40. The highest BCUT2D eigenvalue weighted by atomic mass is 15.2. The molecule has 0 spiro atoms. The molecule has 0 aliphatic carbocycles. The third-order valence-electron chi connectivity index (χ3n) is 2.92. The van der Waals surface area contributed by atoms with Gasteiger partial charge in [0, 0.05) is 5.54 Å². The van der Waals surface area contributed by atoms with Gasteiger partial charge in [0.25, 0.3) is 0 Å². The molecule has 1 nitrogen and oxygen atoms in total. The molecule has 0 N–H and O–H groups in total. The summed E-state index contributed by atoms with van der Waals surface area (Å²) in [5, 5.41) is 0. The minimum absolute atomic E-state index is 0.536. The van der Waals surface area contributed by atoms with Gasteiger partial charge < -0.3 is 4.90 Å². The third kappa shape index (κ3) is 1.34. The molecule has 0 aromatic heterocycles. The van der Waals surface area contributed by atoms with Crippen molar-refractivity contribution >= 4 is 0 Å². The second-order valence-corrected chi connectivity index (χ2v) is 3.77. The number of likely N-dealkylation sites (tertiary alicyclic amines) is 1. The molecule has 0 amide bonds. The average Bonchev–Trinajstić information content (AvgIpc) is 2.15. The van der Waals surface area contributed by atoms with E-state index in [2.05, 4.69) is 25.8 Å². The molecule has 1 aliphatic heterocycles. The van der Waals surface area contributed by atoms with Gasteiger partial charge in [-0.1, -0.05) is 13.3 Å². The Morgan fingerprint density at radius 1 is 1.50 bits per heavy atom. The van der Waals surface area contributed by atoms with E-state index in [1.165, 1.54) is 32.2 Å². The van der Waals surface area contributed by atoms with E-state index in [4.69, 9.17) is 0 Å². The topological polar surface area (TPSA) is 3.24 Å². The fourth-order valence-electron chi connectivity index (χ4n) is 2.01. The summed E-state index contributed by atoms with van der Waals surface area (Å²) in [6.45, 7) is 5.97. The molecule has 1 heterocycles. The van der Waals surface area contributed by atoms with Crippen molar-refractivity contribution in [3.8, 4) is 0 Å². The Labute approximate surface area is 64.4 Å². The van der Waals surface area contributed by atoms with Gasteiger partial charge in [-0.15, -0.1) is 0 Å². The summed E-state index contributed by atoms with van der Waals surface area (Å²) in [5.41, 5.74) is 0.536. The number of hydrogen-bond acceptors (Lipinski definition) is 1. The van der Waals surface area contributed by atoms with Crippen LogP contribution in [0.2, 0.25) is 0 Å². The Hall–Kier alpha value is -0.0400. The summed E-state index contributed by atoms with van der Waals surface area (Å²) in [6, 6.07) is 0. The lowest BCUT2D eigenvalue weighted by molar-refractivity contribution is 0.181. The zero-order chi connectivity index (χ0) is 7.61. The van der Waals surface area contributed by atoms with Gasteiger partial charge in [-0.2, -0.15) is 0 Å². The summed E-state index contributed by atoms with van der Waals surface area (Å²) >= 11 is 0. The fraction of sp³-hybridized carbons (Fsp3) is 1.00. The van der Waals surface area contributed by atoms with Crippen molar-refractivity contribution in [2.24, 2.45) is 0 Å². The Morgan fingerprint density at radius 3 is 2.60 bits per heavy atom. The van der Waals surface area contributed by atoms with Gasteiger partial charge in [0.1, 0.15) is 0 Å². The first-order valence-electron chi connectivity index (χ1n) is 4.40. The lowest BCUT2D eigenvalue weighted by Crippen LogP contribution is -2.37. The molecule has 0 aromatic carbocycles. The molecule has 1 rings (SSSR count). The van der Waals surface area contributed by atoms with E-state index in [1.807, 2.05) is 0 Å². The Morgan fingerprint density at radius 2 is 2.20 bits per heavy atom. The van der Waals surface area contributed by atoms with Crippen LogP contribution in [0.3, 0.4) is 0 Å². The Balaban J connectivity index is 2.48. The van der Waals surface area contributed by atoms with Crippen molar-refractivity contribution < 1.29 is 0 Å². The van der Waals surface area contributed by atoms with Crippen LogP contribution in [-0.2, 0) is 0 Å². The molecule has 0 bridgehead atoms. The Bertz CT molecular complexity index is 111. The van der Waals surface area contributed by atoms with Gasteiger partial charge in [0.15, 0.2) is 0 Å². The quantitative estimate of drug-likeness (QED) is 0.570. The number of nitrogens with zero attached hydrogens (tertiary/aromatic N) is 1. The maximum Gasteiger partial charge on any atom is 0.0178 e. The fourth-order valence-corrected chi connectivity index (χ4v) is 2.01. The van der Waals surface area contributed by atoms with E-state index in [-0.39, 0.29) is 0 Å². The summed E-state index contributed by atoms with van der Waals surface area (Å²) in [6.07, 6.45) is 5.48. The highest BCUT2D eigenvalue weighted by molar-refractivity contribution is 4.89. The normalized spacial score (nSPS) is 35.1. The third-order valence-corrected chi connectivity index (χ3v) is 2.92. The summed E-state index contributed by atoms with van der Waals surface area (Å²) in [7, 11) is 2.25. The van der Waals surface area contributed by atoms with Crippen molar-refractivity contribution in [2.75, 3.05) is 13.6 Å². The van der Waals surface area contributed by atoms with E-state index >= 15 is 0 Å². The molecular formula is C9H19N. The standard InChI is InChI=1S/C9H19N/c1-4-6-9(2)7-5-8-10(9)3/h4-8H2,1-3H3/t9-/m0/s1. The van der Waals surface area contributed by atoms with E-state index < -0.39 is 0 Å². The molecule has 10 heavy (non-hydrogen) atoms. The van der Waals surface area contributed by atoms with E-state index in [0.29, 0.717) is 5.54 Å². The maximum absolute atomic E-state index is 2.51. The zero-order valence-electron chi connectivity index (χ0n) is 7.48. The van der Waals surface area contributed by atoms with Crippen LogP contribution in [0.4, 0.5) is 0 Å². The molecule has 0 unspecified atom stereocenters. The summed E-state index contributed by atoms with van der Waals surface area (Å²) in [4.78, 5) is 2.51. The van der Waals surface area contributed by atoms with Crippen LogP contribution < -0.4 is 0 Å². The van der Waals surface area contributed by atoms with Crippen LogP contribution in [0.5, 0.6) is 0 Å². The van der Waals surface area contributed by atoms with Gasteiger partial charge in [0.05, 0.1) is 0 Å². The number of hydrogen-bond donors (Lipinski definition) is 0. The van der Waals surface area contributed by atoms with Crippen molar-refractivity contribution in [3.63, 3.8) is 0 Å². The highest BCUT2D eigenvalue weighted by Crippen LogP contribution is 2.30. The molecule has 1 fully saturated rings. The van der Waals surface area contributed by atoms with Crippen molar-refractivity contribution in [3.05, 3.63) is 0 Å². The van der Waals surface area contributed by atoms with Crippen LogP contribution in [0.25, 0.3) is 0 Å². The monoisotopic (exact) mass is 141 g/mol. The smallest absolute Gasteiger partial charge is 0.0178 e. The van der Waals surface area contributed by atoms with Gasteiger partial charge in [-0.25, -0.2) is 0 Å². The van der Waals surface area contributed by atoms with E-state index in [9.17, 15) is 0 Å². The zero-order valence-corrected chi connectivity index (χ0v) is 7.48. The second-order valence-electron chi connectivity index (χ2n) is 3.77. The van der Waals surface area contributed by atoms with Gasteiger partial charge >= 0.3 is 0 Å². The predicted molar refractivity (Wildman–Crippen MR) is 45.2 cm³/mol. The largest absolute Gasteiger partial charge is 0.301 e. The van der Waals surface area contributed by atoms with Gasteiger partial charge in [-0.05, 0) is 39.8 Å². The Kier molecular flexibility index (Phi) is 2.35. The SMILES string of the molecule is CCC[C@@]1(C)CCCN1C. The molecule has 60 valence electrons. The van der Waals surface area contributed by atoms with Crippen LogP contribution in [0.1, 0.15) is 39.5 Å². The summed E-state index contributed by atoms with van der Waals surface area (Å²) < 4.78 is 0. The highest BCUT2D eigenvalue weighted by Gasteiger charge is 2.32. The molecule has 0 radical (unpaired) electrons. The molecule has 0 aromatic rings. The maximum atomic E-state index is 2.51. The second kappa shape index (κ2) is 2.91. The van der Waals surface area contributed by atoms with Crippen LogP contribution in [-0.4, -0.2) is 24.0 Å². The van der Waals surface area contributed by atoms with Gasteiger partial charge in [0.2, 0.25) is 0 Å². The molecule has 1 atom stereocenters. The lowest BCUT2D eigenvalue weighted by atomic mass is 9.94.